The summed E-state index contributed by atoms with van der Waals surface area (Å²) < 4.78 is 0. The zero-order chi connectivity index (χ0) is 7.28. The van der Waals surface area contributed by atoms with Crippen molar-refractivity contribution in [3.05, 3.63) is 12.8 Å². The van der Waals surface area contributed by atoms with Crippen LogP contribution >= 0.6 is 0 Å². The van der Waals surface area contributed by atoms with Gasteiger partial charge in [0.15, 0.2) is 0 Å². The third-order valence-electron chi connectivity index (χ3n) is 1.50. The highest BCUT2D eigenvalue weighted by Gasteiger charge is 2.02. The standard InChI is InChI=1S/C7H16N2/c1-5-7(8-3)9(4)6-2/h6-8H,2,5H2,1,3-4H3. The van der Waals surface area contributed by atoms with Crippen LogP contribution in [0.2, 0.25) is 0 Å². The predicted octanol–water partition coefficient (Wildman–Crippen LogP) is 1.02. The van der Waals surface area contributed by atoms with Crippen LogP contribution in [0.15, 0.2) is 12.8 Å². The van der Waals surface area contributed by atoms with Crippen molar-refractivity contribution in [2.24, 2.45) is 0 Å². The number of hydrogen-bond donors (Lipinski definition) is 1. The van der Waals surface area contributed by atoms with Gasteiger partial charge < -0.3 is 10.2 Å². The maximum absolute atomic E-state index is 3.66. The molecule has 0 aromatic rings. The summed E-state index contributed by atoms with van der Waals surface area (Å²) >= 11 is 0. The fourth-order valence-corrected chi connectivity index (χ4v) is 0.823. The Hall–Kier alpha value is -0.500. The van der Waals surface area contributed by atoms with Gasteiger partial charge in [0.1, 0.15) is 0 Å². The molecular weight excluding hydrogens is 112 g/mol. The van der Waals surface area contributed by atoms with Crippen molar-refractivity contribution >= 4 is 0 Å². The summed E-state index contributed by atoms with van der Waals surface area (Å²) in [5.74, 6) is 0. The molecule has 0 spiro atoms. The highest BCUT2D eigenvalue weighted by molar-refractivity contribution is 4.72. The maximum Gasteiger partial charge on any atom is 0.0781 e. The SMILES string of the molecule is C=CN(C)C(CC)NC. The molecule has 0 aliphatic rings. The molecule has 0 heterocycles. The Labute approximate surface area is 57.5 Å². The zero-order valence-electron chi connectivity index (χ0n) is 6.52. The van der Waals surface area contributed by atoms with Crippen LogP contribution in [0, 0.1) is 0 Å². The third-order valence-corrected chi connectivity index (χ3v) is 1.50. The van der Waals surface area contributed by atoms with Crippen LogP contribution in [0.1, 0.15) is 13.3 Å². The van der Waals surface area contributed by atoms with Crippen molar-refractivity contribution in [2.75, 3.05) is 14.1 Å². The van der Waals surface area contributed by atoms with Gasteiger partial charge in [-0.1, -0.05) is 13.5 Å². The van der Waals surface area contributed by atoms with Crippen LogP contribution in [0.5, 0.6) is 0 Å². The van der Waals surface area contributed by atoms with E-state index in [1.807, 2.05) is 20.3 Å². The summed E-state index contributed by atoms with van der Waals surface area (Å²) in [5, 5.41) is 3.16. The first kappa shape index (κ1) is 8.50. The van der Waals surface area contributed by atoms with Crippen molar-refractivity contribution < 1.29 is 0 Å². The second-order valence-corrected chi connectivity index (χ2v) is 2.06. The average molecular weight is 128 g/mol. The van der Waals surface area contributed by atoms with Gasteiger partial charge in [0, 0.05) is 7.05 Å². The minimum absolute atomic E-state index is 0.433. The second-order valence-electron chi connectivity index (χ2n) is 2.06. The summed E-state index contributed by atoms with van der Waals surface area (Å²) in [6.07, 6.45) is 3.35. The van der Waals surface area contributed by atoms with Crippen LogP contribution < -0.4 is 5.32 Å². The van der Waals surface area contributed by atoms with E-state index >= 15 is 0 Å². The van der Waals surface area contributed by atoms with E-state index in [4.69, 9.17) is 0 Å². The molecule has 0 bridgehead atoms. The highest BCUT2D eigenvalue weighted by atomic mass is 15.2. The van der Waals surface area contributed by atoms with Gasteiger partial charge in [-0.05, 0) is 19.7 Å². The Morgan fingerprint density at radius 3 is 2.44 bits per heavy atom. The molecule has 54 valence electrons. The van der Waals surface area contributed by atoms with Gasteiger partial charge in [-0.3, -0.25) is 0 Å². The lowest BCUT2D eigenvalue weighted by molar-refractivity contribution is 0.284. The Balaban J connectivity index is 3.63. The minimum atomic E-state index is 0.433. The molecule has 0 rings (SSSR count). The largest absolute Gasteiger partial charge is 0.366 e. The molecule has 2 nitrogen and oxygen atoms in total. The lowest BCUT2D eigenvalue weighted by atomic mass is 10.3. The molecule has 1 unspecified atom stereocenters. The molecule has 2 heteroatoms. The van der Waals surface area contributed by atoms with Gasteiger partial charge in [0.25, 0.3) is 0 Å². The van der Waals surface area contributed by atoms with Crippen molar-refractivity contribution in [3.63, 3.8) is 0 Å². The van der Waals surface area contributed by atoms with E-state index < -0.39 is 0 Å². The molecule has 0 aromatic heterocycles. The first-order chi connectivity index (χ1) is 4.26. The first-order valence-corrected chi connectivity index (χ1v) is 3.28. The summed E-state index contributed by atoms with van der Waals surface area (Å²) in [6, 6.07) is 0. The van der Waals surface area contributed by atoms with Gasteiger partial charge >= 0.3 is 0 Å². The van der Waals surface area contributed by atoms with Crippen LogP contribution in [-0.2, 0) is 0 Å². The molecule has 0 aliphatic carbocycles. The van der Waals surface area contributed by atoms with E-state index in [1.165, 1.54) is 0 Å². The molecule has 0 radical (unpaired) electrons. The van der Waals surface area contributed by atoms with E-state index in [0.717, 1.165) is 6.42 Å². The third kappa shape index (κ3) is 2.51. The molecule has 1 atom stereocenters. The molecular formula is C7H16N2. The summed E-state index contributed by atoms with van der Waals surface area (Å²) in [4.78, 5) is 2.06. The van der Waals surface area contributed by atoms with E-state index in [9.17, 15) is 0 Å². The normalized spacial score (nSPS) is 12.8. The first-order valence-electron chi connectivity index (χ1n) is 3.28. The zero-order valence-corrected chi connectivity index (χ0v) is 6.52. The van der Waals surface area contributed by atoms with Crippen molar-refractivity contribution in [1.29, 1.82) is 0 Å². The number of nitrogens with one attached hydrogen (secondary N) is 1. The molecule has 0 saturated heterocycles. The van der Waals surface area contributed by atoms with Crippen molar-refractivity contribution in [2.45, 2.75) is 19.5 Å². The summed E-state index contributed by atoms with van der Waals surface area (Å²) in [7, 11) is 3.96. The van der Waals surface area contributed by atoms with Gasteiger partial charge in [0.2, 0.25) is 0 Å². The van der Waals surface area contributed by atoms with Crippen LogP contribution in [0.4, 0.5) is 0 Å². The minimum Gasteiger partial charge on any atom is -0.366 e. The Bertz CT molecular complexity index is 77.0. The second kappa shape index (κ2) is 4.39. The predicted molar refractivity (Wildman–Crippen MR) is 41.1 cm³/mol. The summed E-state index contributed by atoms with van der Waals surface area (Å²) in [5.41, 5.74) is 0. The van der Waals surface area contributed by atoms with Gasteiger partial charge in [-0.2, -0.15) is 0 Å². The van der Waals surface area contributed by atoms with E-state index in [1.54, 1.807) is 0 Å². The quantitative estimate of drug-likeness (QED) is 0.569. The number of nitrogens with zero attached hydrogens (tertiary/aromatic N) is 1. The number of hydrogen-bond acceptors (Lipinski definition) is 2. The Morgan fingerprint density at radius 2 is 2.33 bits per heavy atom. The highest BCUT2D eigenvalue weighted by Crippen LogP contribution is 1.95. The smallest absolute Gasteiger partial charge is 0.0781 e. The van der Waals surface area contributed by atoms with Crippen molar-refractivity contribution in [3.8, 4) is 0 Å². The molecule has 0 aromatic carbocycles. The van der Waals surface area contributed by atoms with Gasteiger partial charge in [-0.15, -0.1) is 0 Å². The topological polar surface area (TPSA) is 15.3 Å². The van der Waals surface area contributed by atoms with E-state index in [0.29, 0.717) is 6.17 Å². The van der Waals surface area contributed by atoms with Crippen molar-refractivity contribution in [1.82, 2.24) is 10.2 Å². The van der Waals surface area contributed by atoms with E-state index in [2.05, 4.69) is 23.7 Å². The van der Waals surface area contributed by atoms with E-state index in [-0.39, 0.29) is 0 Å². The lowest BCUT2D eigenvalue weighted by Gasteiger charge is -2.24. The number of rotatable bonds is 4. The molecule has 0 amide bonds. The lowest BCUT2D eigenvalue weighted by Crippen LogP contribution is -2.37. The molecule has 0 saturated carbocycles. The fraction of sp³-hybridized carbons (Fsp3) is 0.714. The Morgan fingerprint density at radius 1 is 1.78 bits per heavy atom. The van der Waals surface area contributed by atoms with Crippen LogP contribution in [0.3, 0.4) is 0 Å². The summed E-state index contributed by atoms with van der Waals surface area (Å²) in [6.45, 7) is 5.80. The van der Waals surface area contributed by atoms with Crippen LogP contribution in [0.25, 0.3) is 0 Å². The molecule has 9 heavy (non-hydrogen) atoms. The maximum atomic E-state index is 3.66. The molecule has 0 aliphatic heterocycles. The molecule has 1 N–H and O–H groups in total. The average Bonchev–Trinajstić information content (AvgIpc) is 1.90. The monoisotopic (exact) mass is 128 g/mol. The van der Waals surface area contributed by atoms with Gasteiger partial charge in [0.05, 0.1) is 6.17 Å². The molecule has 0 fully saturated rings. The fourth-order valence-electron chi connectivity index (χ4n) is 0.823. The Kier molecular flexibility index (Phi) is 4.14. The van der Waals surface area contributed by atoms with Gasteiger partial charge in [-0.25, -0.2) is 0 Å². The van der Waals surface area contributed by atoms with Crippen LogP contribution in [-0.4, -0.2) is 25.2 Å².